The summed E-state index contributed by atoms with van der Waals surface area (Å²) in [5.74, 6) is 0. The van der Waals surface area contributed by atoms with E-state index >= 15 is 0 Å². The zero-order chi connectivity index (χ0) is 11.4. The summed E-state index contributed by atoms with van der Waals surface area (Å²) in [5.41, 5.74) is 6.58. The molecule has 1 unspecified atom stereocenters. The molecule has 0 bridgehead atoms. The molecule has 1 heterocycles. The fraction of sp³-hybridized carbons (Fsp3) is 0.273. The maximum absolute atomic E-state index is 5.51. The second kappa shape index (κ2) is 5.16. The molecule has 5 heteroatoms. The van der Waals surface area contributed by atoms with Gasteiger partial charge >= 0.3 is 0 Å². The summed E-state index contributed by atoms with van der Waals surface area (Å²) in [5, 5.41) is 9.76. The van der Waals surface area contributed by atoms with Gasteiger partial charge in [-0.25, -0.2) is 0 Å². The van der Waals surface area contributed by atoms with Crippen molar-refractivity contribution >= 4 is 11.3 Å². The van der Waals surface area contributed by atoms with Crippen LogP contribution in [-0.4, -0.2) is 17.3 Å². The van der Waals surface area contributed by atoms with Gasteiger partial charge in [0.1, 0.15) is 11.1 Å². The average molecular weight is 235 g/mol. The van der Waals surface area contributed by atoms with Gasteiger partial charge in [-0.15, -0.1) is 10.2 Å². The summed E-state index contributed by atoms with van der Waals surface area (Å²) in [6, 6.07) is 9.95. The molecule has 1 aromatic carbocycles. The van der Waals surface area contributed by atoms with Crippen LogP contribution >= 0.6 is 11.3 Å². The Labute approximate surface area is 98.1 Å². The molecule has 16 heavy (non-hydrogen) atoms. The van der Waals surface area contributed by atoms with Gasteiger partial charge in [-0.2, -0.15) is 0 Å². The normalized spacial score (nSPS) is 12.6. The van der Waals surface area contributed by atoms with E-state index in [1.165, 1.54) is 11.3 Å². The molecule has 1 atom stereocenters. The third-order valence-corrected chi connectivity index (χ3v) is 3.21. The second-order valence-corrected chi connectivity index (χ2v) is 4.36. The first kappa shape index (κ1) is 11.2. The third-order valence-electron chi connectivity index (χ3n) is 2.22. The van der Waals surface area contributed by atoms with E-state index < -0.39 is 0 Å². The van der Waals surface area contributed by atoms with Gasteiger partial charge in [-0.05, 0) is 5.56 Å². The fourth-order valence-electron chi connectivity index (χ4n) is 1.46. The lowest BCUT2D eigenvalue weighted by atomic mass is 10.1. The molecule has 0 fully saturated rings. The van der Waals surface area contributed by atoms with E-state index in [1.807, 2.05) is 30.3 Å². The first-order valence-electron chi connectivity index (χ1n) is 4.95. The van der Waals surface area contributed by atoms with Crippen LogP contribution in [0.2, 0.25) is 0 Å². The van der Waals surface area contributed by atoms with E-state index in [9.17, 15) is 0 Å². The molecule has 0 aliphatic rings. The van der Waals surface area contributed by atoms with Gasteiger partial charge in [-0.1, -0.05) is 41.7 Å². The predicted octanol–water partition coefficient (Wildman–Crippen LogP) is 1.73. The molecule has 84 valence electrons. The van der Waals surface area contributed by atoms with E-state index in [0.717, 1.165) is 15.6 Å². The van der Waals surface area contributed by atoms with Crippen LogP contribution in [0.5, 0.6) is 0 Å². The minimum absolute atomic E-state index is 0.154. The molecule has 0 radical (unpaired) electrons. The number of ether oxygens (including phenoxy) is 1. The highest BCUT2D eigenvalue weighted by Gasteiger charge is 2.17. The lowest BCUT2D eigenvalue weighted by Crippen LogP contribution is -2.02. The van der Waals surface area contributed by atoms with E-state index in [-0.39, 0.29) is 6.10 Å². The van der Waals surface area contributed by atoms with Gasteiger partial charge in [0.25, 0.3) is 0 Å². The Morgan fingerprint density at radius 2 is 2.06 bits per heavy atom. The molecule has 2 N–H and O–H groups in total. The van der Waals surface area contributed by atoms with E-state index in [0.29, 0.717) is 6.54 Å². The molecule has 0 saturated heterocycles. The number of benzene rings is 1. The Balaban J connectivity index is 2.29. The van der Waals surface area contributed by atoms with Gasteiger partial charge in [0.2, 0.25) is 0 Å². The summed E-state index contributed by atoms with van der Waals surface area (Å²) in [7, 11) is 1.67. The summed E-state index contributed by atoms with van der Waals surface area (Å²) >= 11 is 1.49. The summed E-state index contributed by atoms with van der Waals surface area (Å²) in [6.45, 7) is 0.420. The molecule has 0 aliphatic carbocycles. The number of methoxy groups -OCH3 is 1. The molecule has 2 aromatic rings. The fourth-order valence-corrected chi connectivity index (χ4v) is 2.29. The summed E-state index contributed by atoms with van der Waals surface area (Å²) in [6.07, 6.45) is -0.154. The van der Waals surface area contributed by atoms with Crippen LogP contribution in [0.25, 0.3) is 0 Å². The van der Waals surface area contributed by atoms with Crippen molar-refractivity contribution in [1.82, 2.24) is 10.2 Å². The molecule has 4 nitrogen and oxygen atoms in total. The Morgan fingerprint density at radius 1 is 1.31 bits per heavy atom. The van der Waals surface area contributed by atoms with Crippen molar-refractivity contribution in [3.63, 3.8) is 0 Å². The highest BCUT2D eigenvalue weighted by molar-refractivity contribution is 7.11. The van der Waals surface area contributed by atoms with Crippen LogP contribution < -0.4 is 5.73 Å². The SMILES string of the molecule is COC(c1ccccc1)c1nnc(CN)s1. The minimum Gasteiger partial charge on any atom is -0.369 e. The standard InChI is InChI=1S/C11H13N3OS/c1-15-10(8-5-3-2-4-6-8)11-14-13-9(7-12)16-11/h2-6,10H,7,12H2,1H3. The Morgan fingerprint density at radius 3 is 2.62 bits per heavy atom. The quantitative estimate of drug-likeness (QED) is 0.876. The molecular formula is C11H13N3OS. The molecular weight excluding hydrogens is 222 g/mol. The first-order valence-corrected chi connectivity index (χ1v) is 5.77. The van der Waals surface area contributed by atoms with Crippen molar-refractivity contribution in [3.8, 4) is 0 Å². The second-order valence-electron chi connectivity index (χ2n) is 3.26. The zero-order valence-electron chi connectivity index (χ0n) is 8.96. The maximum Gasteiger partial charge on any atom is 0.151 e. The van der Waals surface area contributed by atoms with Crippen LogP contribution in [0.3, 0.4) is 0 Å². The number of hydrogen-bond donors (Lipinski definition) is 1. The van der Waals surface area contributed by atoms with Crippen molar-refractivity contribution in [3.05, 3.63) is 45.9 Å². The highest BCUT2D eigenvalue weighted by atomic mass is 32.1. The number of rotatable bonds is 4. The van der Waals surface area contributed by atoms with Gasteiger partial charge in [0.15, 0.2) is 5.01 Å². The van der Waals surface area contributed by atoms with Gasteiger partial charge in [0, 0.05) is 13.7 Å². The van der Waals surface area contributed by atoms with Gasteiger partial charge in [-0.3, -0.25) is 0 Å². The number of hydrogen-bond acceptors (Lipinski definition) is 5. The third kappa shape index (κ3) is 2.27. The largest absolute Gasteiger partial charge is 0.369 e. The molecule has 0 aliphatic heterocycles. The molecule has 0 amide bonds. The van der Waals surface area contributed by atoms with Gasteiger partial charge < -0.3 is 10.5 Å². The number of nitrogens with two attached hydrogens (primary N) is 1. The van der Waals surface area contributed by atoms with E-state index in [1.54, 1.807) is 7.11 Å². The lowest BCUT2D eigenvalue weighted by Gasteiger charge is -2.11. The first-order chi connectivity index (χ1) is 7.85. The van der Waals surface area contributed by atoms with Crippen molar-refractivity contribution in [2.75, 3.05) is 7.11 Å². The number of nitrogens with zero attached hydrogens (tertiary/aromatic N) is 2. The predicted molar refractivity (Wildman–Crippen MR) is 63.1 cm³/mol. The van der Waals surface area contributed by atoms with Crippen molar-refractivity contribution < 1.29 is 4.74 Å². The van der Waals surface area contributed by atoms with Crippen molar-refractivity contribution in [2.45, 2.75) is 12.6 Å². The Kier molecular flexibility index (Phi) is 3.61. The Hall–Kier alpha value is -1.30. The monoisotopic (exact) mass is 235 g/mol. The van der Waals surface area contributed by atoms with Gasteiger partial charge in [0.05, 0.1) is 0 Å². The smallest absolute Gasteiger partial charge is 0.151 e. The van der Waals surface area contributed by atoms with Crippen LogP contribution in [-0.2, 0) is 11.3 Å². The highest BCUT2D eigenvalue weighted by Crippen LogP contribution is 2.27. The lowest BCUT2D eigenvalue weighted by molar-refractivity contribution is 0.135. The molecule has 0 saturated carbocycles. The van der Waals surface area contributed by atoms with Crippen LogP contribution in [0.4, 0.5) is 0 Å². The molecule has 2 rings (SSSR count). The van der Waals surface area contributed by atoms with Crippen molar-refractivity contribution in [2.24, 2.45) is 5.73 Å². The number of aromatic nitrogens is 2. The van der Waals surface area contributed by atoms with E-state index in [4.69, 9.17) is 10.5 Å². The summed E-state index contributed by atoms with van der Waals surface area (Å²) in [4.78, 5) is 0. The van der Waals surface area contributed by atoms with Crippen LogP contribution in [0, 0.1) is 0 Å². The maximum atomic E-state index is 5.51. The van der Waals surface area contributed by atoms with Crippen LogP contribution in [0.15, 0.2) is 30.3 Å². The Bertz CT molecular complexity index is 444. The summed E-state index contributed by atoms with van der Waals surface area (Å²) < 4.78 is 5.45. The van der Waals surface area contributed by atoms with Crippen LogP contribution in [0.1, 0.15) is 21.7 Å². The molecule has 0 spiro atoms. The van der Waals surface area contributed by atoms with E-state index in [2.05, 4.69) is 10.2 Å². The molecule has 1 aromatic heterocycles. The minimum atomic E-state index is -0.154. The zero-order valence-corrected chi connectivity index (χ0v) is 9.78. The topological polar surface area (TPSA) is 61.0 Å². The van der Waals surface area contributed by atoms with Crippen molar-refractivity contribution in [1.29, 1.82) is 0 Å². The average Bonchev–Trinajstić information content (AvgIpc) is 2.80.